The van der Waals surface area contributed by atoms with Crippen molar-refractivity contribution < 1.29 is 23.1 Å². The molecule has 4 nitrogen and oxygen atoms in total. The molecule has 1 unspecified atom stereocenters. The molecule has 1 amide bonds. The van der Waals surface area contributed by atoms with E-state index in [0.717, 1.165) is 0 Å². The van der Waals surface area contributed by atoms with Crippen molar-refractivity contribution in [1.82, 2.24) is 5.01 Å². The summed E-state index contributed by atoms with van der Waals surface area (Å²) in [4.78, 5) is 12.5. The fourth-order valence-corrected chi connectivity index (χ4v) is 2.85. The van der Waals surface area contributed by atoms with E-state index in [0.29, 0.717) is 17.3 Å². The van der Waals surface area contributed by atoms with E-state index in [1.165, 1.54) is 12.1 Å². The zero-order chi connectivity index (χ0) is 18.1. The number of carbonyl (C=O) groups excluding carboxylic acids is 1. The predicted octanol–water partition coefficient (Wildman–Crippen LogP) is 4.34. The van der Waals surface area contributed by atoms with E-state index in [-0.39, 0.29) is 22.2 Å². The van der Waals surface area contributed by atoms with E-state index >= 15 is 0 Å². The van der Waals surface area contributed by atoms with Gasteiger partial charge in [-0.3, -0.25) is 4.79 Å². The number of hydrazone groups is 1. The van der Waals surface area contributed by atoms with Crippen LogP contribution >= 0.6 is 15.9 Å². The monoisotopic (exact) mass is 406 g/mol. The lowest BCUT2D eigenvalue weighted by Gasteiger charge is -2.32. The molecule has 0 fully saturated rings. The van der Waals surface area contributed by atoms with Crippen LogP contribution in [0.25, 0.3) is 0 Å². The number of halogens is 4. The third kappa shape index (κ3) is 3.64. The molecule has 0 aromatic heterocycles. The van der Waals surface area contributed by atoms with E-state index in [4.69, 9.17) is 0 Å². The Labute approximate surface area is 146 Å². The highest BCUT2D eigenvalue weighted by Crippen LogP contribution is 2.42. The van der Waals surface area contributed by atoms with Crippen molar-refractivity contribution in [2.75, 3.05) is 0 Å². The molecule has 2 rings (SSSR count). The number of alkyl halides is 3. The Morgan fingerprint density at radius 1 is 1.42 bits per heavy atom. The van der Waals surface area contributed by atoms with E-state index in [1.807, 2.05) is 13.8 Å². The van der Waals surface area contributed by atoms with Crippen molar-refractivity contribution in [3.05, 3.63) is 34.3 Å². The lowest BCUT2D eigenvalue weighted by Crippen LogP contribution is -2.56. The number of rotatable bonds is 4. The molecular formula is C16H18BrF3N2O2. The van der Waals surface area contributed by atoms with E-state index in [9.17, 15) is 23.1 Å². The lowest BCUT2D eigenvalue weighted by molar-refractivity contribution is -0.297. The van der Waals surface area contributed by atoms with Gasteiger partial charge in [-0.25, -0.2) is 0 Å². The van der Waals surface area contributed by atoms with Gasteiger partial charge in [0.25, 0.3) is 11.6 Å². The maximum absolute atomic E-state index is 13.4. The molecular weight excluding hydrogens is 389 g/mol. The normalized spacial score (nSPS) is 21.3. The second-order valence-corrected chi connectivity index (χ2v) is 7.04. The molecule has 1 aliphatic rings. The van der Waals surface area contributed by atoms with Crippen molar-refractivity contribution in [2.24, 2.45) is 11.0 Å². The van der Waals surface area contributed by atoms with Crippen LogP contribution in [-0.2, 0) is 0 Å². The fraction of sp³-hybridized carbons (Fsp3) is 0.500. The fourth-order valence-electron chi connectivity index (χ4n) is 2.40. The first kappa shape index (κ1) is 18.9. The molecule has 132 valence electrons. The molecule has 0 saturated heterocycles. The van der Waals surface area contributed by atoms with Crippen molar-refractivity contribution in [3.8, 4) is 0 Å². The van der Waals surface area contributed by atoms with E-state index in [1.54, 1.807) is 12.1 Å². The zero-order valence-corrected chi connectivity index (χ0v) is 14.9. The van der Waals surface area contributed by atoms with Gasteiger partial charge < -0.3 is 5.11 Å². The molecule has 1 atom stereocenters. The Morgan fingerprint density at radius 3 is 2.58 bits per heavy atom. The zero-order valence-electron chi connectivity index (χ0n) is 13.3. The number of nitrogens with zero attached hydrogens (tertiary/aromatic N) is 2. The van der Waals surface area contributed by atoms with Gasteiger partial charge in [0.1, 0.15) is 0 Å². The Balaban J connectivity index is 2.38. The summed E-state index contributed by atoms with van der Waals surface area (Å²) >= 11 is 3.14. The summed E-state index contributed by atoms with van der Waals surface area (Å²) in [6, 6.07) is 6.09. The number of carbonyl (C=O) groups is 1. The molecule has 1 N–H and O–H groups in total. The second kappa shape index (κ2) is 6.84. The quantitative estimate of drug-likeness (QED) is 0.808. The number of benzene rings is 1. The van der Waals surface area contributed by atoms with Crippen molar-refractivity contribution in [2.45, 2.75) is 45.0 Å². The Hall–Kier alpha value is -1.41. The number of hydrogen-bond donors (Lipinski definition) is 1. The molecule has 0 radical (unpaired) electrons. The molecule has 0 spiro atoms. The molecule has 1 heterocycles. The van der Waals surface area contributed by atoms with Crippen LogP contribution in [0.15, 0.2) is 33.8 Å². The first-order valence-electron chi connectivity index (χ1n) is 7.51. The molecule has 24 heavy (non-hydrogen) atoms. The molecule has 1 aliphatic heterocycles. The average Bonchev–Trinajstić information content (AvgIpc) is 2.83. The summed E-state index contributed by atoms with van der Waals surface area (Å²) in [7, 11) is 0. The SMILES string of the molecule is CC(C)CCC1=NN(C(=O)c2ccccc2Br)C(O)(C(F)(F)F)C1. The number of hydrogen-bond acceptors (Lipinski definition) is 3. The predicted molar refractivity (Wildman–Crippen MR) is 87.4 cm³/mol. The Bertz CT molecular complexity index is 661. The summed E-state index contributed by atoms with van der Waals surface area (Å²) in [6.07, 6.45) is -4.80. The summed E-state index contributed by atoms with van der Waals surface area (Å²) in [5.74, 6) is -0.721. The smallest absolute Gasteiger partial charge is 0.362 e. The summed E-state index contributed by atoms with van der Waals surface area (Å²) < 4.78 is 40.6. The molecule has 0 aliphatic carbocycles. The number of aliphatic hydroxyl groups is 1. The van der Waals surface area contributed by atoms with E-state index in [2.05, 4.69) is 21.0 Å². The van der Waals surface area contributed by atoms with Gasteiger partial charge in [-0.15, -0.1) is 0 Å². The van der Waals surface area contributed by atoms with Gasteiger partial charge >= 0.3 is 6.18 Å². The van der Waals surface area contributed by atoms with Crippen LogP contribution in [0.5, 0.6) is 0 Å². The molecule has 0 saturated carbocycles. The highest BCUT2D eigenvalue weighted by molar-refractivity contribution is 9.10. The highest BCUT2D eigenvalue weighted by atomic mass is 79.9. The number of amides is 1. The second-order valence-electron chi connectivity index (χ2n) is 6.19. The topological polar surface area (TPSA) is 52.9 Å². The Kier molecular flexibility index (Phi) is 5.39. The molecule has 1 aromatic carbocycles. The minimum Gasteiger partial charge on any atom is -0.362 e. The van der Waals surface area contributed by atoms with Crippen LogP contribution in [0.3, 0.4) is 0 Å². The minimum absolute atomic E-state index is 0.00837. The highest BCUT2D eigenvalue weighted by Gasteiger charge is 2.63. The third-order valence-corrected chi connectivity index (χ3v) is 4.49. The summed E-state index contributed by atoms with van der Waals surface area (Å²) in [5.41, 5.74) is -3.14. The van der Waals surface area contributed by atoms with Gasteiger partial charge in [0, 0.05) is 16.6 Å². The minimum atomic E-state index is -5.01. The Morgan fingerprint density at radius 2 is 2.04 bits per heavy atom. The third-order valence-electron chi connectivity index (χ3n) is 3.80. The van der Waals surface area contributed by atoms with Gasteiger partial charge in [-0.05, 0) is 46.8 Å². The van der Waals surface area contributed by atoms with Gasteiger partial charge in [-0.2, -0.15) is 23.3 Å². The van der Waals surface area contributed by atoms with E-state index < -0.39 is 24.2 Å². The van der Waals surface area contributed by atoms with Crippen molar-refractivity contribution in [3.63, 3.8) is 0 Å². The summed E-state index contributed by atoms with van der Waals surface area (Å²) in [6.45, 7) is 3.88. The van der Waals surface area contributed by atoms with Crippen LogP contribution in [0.1, 0.15) is 43.5 Å². The average molecular weight is 407 g/mol. The molecule has 0 bridgehead atoms. The van der Waals surface area contributed by atoms with Crippen LogP contribution in [0.4, 0.5) is 13.2 Å². The first-order chi connectivity index (χ1) is 11.1. The van der Waals surface area contributed by atoms with Crippen LogP contribution in [0, 0.1) is 5.92 Å². The van der Waals surface area contributed by atoms with Crippen LogP contribution in [-0.4, -0.2) is 33.6 Å². The van der Waals surface area contributed by atoms with Gasteiger partial charge in [0.05, 0.1) is 5.56 Å². The molecule has 8 heteroatoms. The van der Waals surface area contributed by atoms with Gasteiger partial charge in [0.15, 0.2) is 0 Å². The maximum Gasteiger partial charge on any atom is 0.438 e. The first-order valence-corrected chi connectivity index (χ1v) is 8.30. The van der Waals surface area contributed by atoms with Crippen LogP contribution in [0.2, 0.25) is 0 Å². The van der Waals surface area contributed by atoms with Gasteiger partial charge in [0.2, 0.25) is 0 Å². The van der Waals surface area contributed by atoms with Gasteiger partial charge in [-0.1, -0.05) is 26.0 Å². The summed E-state index contributed by atoms with van der Waals surface area (Å²) in [5, 5.41) is 14.2. The standard InChI is InChI=1S/C16H18BrF3N2O2/c1-10(2)7-8-11-9-15(24,16(18,19)20)22(21-11)14(23)12-5-3-4-6-13(12)17/h3-6,10,24H,7-9H2,1-2H3. The maximum atomic E-state index is 13.4. The van der Waals surface area contributed by atoms with Crippen molar-refractivity contribution >= 4 is 27.5 Å². The molecule has 1 aromatic rings. The van der Waals surface area contributed by atoms with Crippen molar-refractivity contribution in [1.29, 1.82) is 0 Å². The van der Waals surface area contributed by atoms with Crippen LogP contribution < -0.4 is 0 Å². The largest absolute Gasteiger partial charge is 0.438 e. The lowest BCUT2D eigenvalue weighted by atomic mass is 9.99.